The van der Waals surface area contributed by atoms with Crippen molar-refractivity contribution in [3.8, 4) is 11.1 Å². The Hall–Kier alpha value is -3.64. The van der Waals surface area contributed by atoms with E-state index in [4.69, 9.17) is 11.6 Å². The van der Waals surface area contributed by atoms with Crippen LogP contribution in [0.2, 0.25) is 5.02 Å². The first-order valence-electron chi connectivity index (χ1n) is 13.7. The van der Waals surface area contributed by atoms with E-state index >= 15 is 0 Å². The molecule has 0 bridgehead atoms. The van der Waals surface area contributed by atoms with E-state index in [1.54, 1.807) is 0 Å². The number of carbonyl (C=O) groups is 3. The number of hydrogen-bond donors (Lipinski definition) is 3. The van der Waals surface area contributed by atoms with Crippen LogP contribution in [0.5, 0.6) is 0 Å². The van der Waals surface area contributed by atoms with Gasteiger partial charge < -0.3 is 15.7 Å². The van der Waals surface area contributed by atoms with Crippen molar-refractivity contribution in [1.29, 1.82) is 0 Å². The smallest absolute Gasteiger partial charge is 0.304 e. The lowest BCUT2D eigenvalue weighted by Crippen LogP contribution is -2.55. The molecule has 0 aliphatic rings. The van der Waals surface area contributed by atoms with Gasteiger partial charge in [0, 0.05) is 16.5 Å². The molecule has 3 rings (SSSR count). The van der Waals surface area contributed by atoms with Gasteiger partial charge in [0.25, 0.3) is 0 Å². The second kappa shape index (κ2) is 14.1. The Kier molecular flexibility index (Phi) is 10.9. The van der Waals surface area contributed by atoms with Crippen molar-refractivity contribution in [3.63, 3.8) is 0 Å². The molecule has 0 saturated carbocycles. The van der Waals surface area contributed by atoms with Gasteiger partial charge in [-0.25, -0.2) is 0 Å². The normalized spacial score (nSPS) is 13.6. The molecule has 6 nitrogen and oxygen atoms in total. The summed E-state index contributed by atoms with van der Waals surface area (Å²) in [6.07, 6.45) is 1.26. The first-order chi connectivity index (χ1) is 19.0. The molecule has 0 fully saturated rings. The number of carbonyl (C=O) groups excluding carboxylic acids is 2. The Labute approximate surface area is 242 Å². The van der Waals surface area contributed by atoms with Gasteiger partial charge in [-0.2, -0.15) is 0 Å². The van der Waals surface area contributed by atoms with E-state index in [1.807, 2.05) is 107 Å². The number of nitrogens with one attached hydrogen (secondary N) is 2. The van der Waals surface area contributed by atoms with E-state index in [-0.39, 0.29) is 18.4 Å². The Bertz CT molecular complexity index is 1290. The second-order valence-electron chi connectivity index (χ2n) is 11.3. The van der Waals surface area contributed by atoms with Crippen molar-refractivity contribution < 1.29 is 19.5 Å². The highest BCUT2D eigenvalue weighted by molar-refractivity contribution is 6.33. The first-order valence-corrected chi connectivity index (χ1v) is 14.1. The fourth-order valence-electron chi connectivity index (χ4n) is 4.84. The van der Waals surface area contributed by atoms with Gasteiger partial charge in [0.2, 0.25) is 11.8 Å². The molecule has 2 amide bonds. The van der Waals surface area contributed by atoms with Gasteiger partial charge in [-0.3, -0.25) is 14.4 Å². The summed E-state index contributed by atoms with van der Waals surface area (Å²) in [6.45, 7) is 7.52. The monoisotopic (exact) mass is 562 g/mol. The topological polar surface area (TPSA) is 95.5 Å². The SMILES string of the molecule is CC(NC(=O)C(NC(=O)C(CCCc1cccc(Cl)c1-c1ccccc1)CC(=O)O)C(C)(C)C)c1ccccc1. The van der Waals surface area contributed by atoms with E-state index in [2.05, 4.69) is 10.6 Å². The molecular formula is C33H39ClN2O4. The van der Waals surface area contributed by atoms with E-state index < -0.39 is 29.3 Å². The summed E-state index contributed by atoms with van der Waals surface area (Å²) < 4.78 is 0. The molecule has 3 aromatic carbocycles. The quantitative estimate of drug-likeness (QED) is 0.225. The van der Waals surface area contributed by atoms with Gasteiger partial charge >= 0.3 is 5.97 Å². The lowest BCUT2D eigenvalue weighted by Gasteiger charge is -2.32. The summed E-state index contributed by atoms with van der Waals surface area (Å²) in [5.41, 5.74) is 3.35. The van der Waals surface area contributed by atoms with Crippen LogP contribution in [0.4, 0.5) is 0 Å². The number of carboxylic acid groups (broad SMARTS) is 1. The summed E-state index contributed by atoms with van der Waals surface area (Å²) in [5, 5.41) is 16.1. The summed E-state index contributed by atoms with van der Waals surface area (Å²) >= 11 is 6.55. The predicted octanol–water partition coefficient (Wildman–Crippen LogP) is 6.83. The molecule has 0 aromatic heterocycles. The average Bonchev–Trinajstić information content (AvgIpc) is 2.91. The third-order valence-corrected chi connectivity index (χ3v) is 7.34. The molecule has 3 aromatic rings. The van der Waals surface area contributed by atoms with E-state index in [1.165, 1.54) is 0 Å². The molecule has 0 radical (unpaired) electrons. The van der Waals surface area contributed by atoms with Gasteiger partial charge in [0.1, 0.15) is 6.04 Å². The number of benzene rings is 3. The summed E-state index contributed by atoms with van der Waals surface area (Å²) in [6, 6.07) is 24.1. The predicted molar refractivity (Wildman–Crippen MR) is 160 cm³/mol. The number of aliphatic carboxylic acids is 1. The van der Waals surface area contributed by atoms with Crippen LogP contribution >= 0.6 is 11.6 Å². The molecule has 0 saturated heterocycles. The highest BCUT2D eigenvalue weighted by Gasteiger charge is 2.35. The minimum absolute atomic E-state index is 0.248. The molecule has 212 valence electrons. The number of halogens is 1. The van der Waals surface area contributed by atoms with Gasteiger partial charge in [-0.1, -0.05) is 105 Å². The van der Waals surface area contributed by atoms with Crippen molar-refractivity contribution in [2.45, 2.75) is 65.5 Å². The highest BCUT2D eigenvalue weighted by atomic mass is 35.5. The molecule has 0 heterocycles. The number of rotatable bonds is 12. The Balaban J connectivity index is 1.71. The van der Waals surface area contributed by atoms with Crippen molar-refractivity contribution in [2.75, 3.05) is 0 Å². The third kappa shape index (κ3) is 8.68. The van der Waals surface area contributed by atoms with Crippen LogP contribution in [0.1, 0.15) is 64.1 Å². The van der Waals surface area contributed by atoms with Gasteiger partial charge in [0.05, 0.1) is 12.5 Å². The molecular weight excluding hydrogens is 524 g/mol. The first kappa shape index (κ1) is 30.9. The fourth-order valence-corrected chi connectivity index (χ4v) is 5.14. The molecule has 0 aliphatic heterocycles. The summed E-state index contributed by atoms with van der Waals surface area (Å²) in [4.78, 5) is 38.4. The Morgan fingerprint density at radius 1 is 0.850 bits per heavy atom. The van der Waals surface area contributed by atoms with E-state index in [9.17, 15) is 19.5 Å². The third-order valence-electron chi connectivity index (χ3n) is 7.03. The molecule has 0 spiro atoms. The lowest BCUT2D eigenvalue weighted by molar-refractivity contribution is -0.142. The maximum absolute atomic E-state index is 13.4. The van der Waals surface area contributed by atoms with Crippen molar-refractivity contribution >= 4 is 29.4 Å². The second-order valence-corrected chi connectivity index (χ2v) is 11.7. The Morgan fingerprint density at radius 2 is 1.48 bits per heavy atom. The van der Waals surface area contributed by atoms with Gasteiger partial charge in [-0.05, 0) is 54.4 Å². The molecule has 3 N–H and O–H groups in total. The molecule has 3 unspecified atom stereocenters. The summed E-state index contributed by atoms with van der Waals surface area (Å²) in [5.74, 6) is -2.57. The van der Waals surface area contributed by atoms with Crippen LogP contribution in [-0.4, -0.2) is 28.9 Å². The fraction of sp³-hybridized carbons (Fsp3) is 0.364. The molecule has 3 atom stereocenters. The number of aryl methyl sites for hydroxylation is 1. The zero-order chi connectivity index (χ0) is 29.3. The standard InChI is InChI=1S/C33H39ClN2O4/c1-22(23-13-7-5-8-14-23)35-32(40)30(33(2,3)4)36-31(39)26(21-28(37)38)19-11-17-25-18-12-20-27(34)29(25)24-15-9-6-10-16-24/h5-10,12-16,18,20,22,26,30H,11,17,19,21H2,1-4H3,(H,35,40)(H,36,39)(H,37,38). The van der Waals surface area contributed by atoms with Crippen molar-refractivity contribution in [1.82, 2.24) is 10.6 Å². The minimum Gasteiger partial charge on any atom is -0.481 e. The molecule has 0 aliphatic carbocycles. The van der Waals surface area contributed by atoms with Gasteiger partial charge in [-0.15, -0.1) is 0 Å². The van der Waals surface area contributed by atoms with Crippen LogP contribution in [0.15, 0.2) is 78.9 Å². The van der Waals surface area contributed by atoms with Crippen LogP contribution < -0.4 is 10.6 Å². The number of hydrogen-bond acceptors (Lipinski definition) is 3. The Morgan fingerprint density at radius 3 is 2.08 bits per heavy atom. The molecule has 7 heteroatoms. The van der Waals surface area contributed by atoms with Crippen LogP contribution in [-0.2, 0) is 20.8 Å². The van der Waals surface area contributed by atoms with Crippen LogP contribution in [0, 0.1) is 11.3 Å². The van der Waals surface area contributed by atoms with Crippen LogP contribution in [0.3, 0.4) is 0 Å². The van der Waals surface area contributed by atoms with Crippen LogP contribution in [0.25, 0.3) is 11.1 Å². The van der Waals surface area contributed by atoms with Gasteiger partial charge in [0.15, 0.2) is 0 Å². The number of carboxylic acids is 1. The molecule has 40 heavy (non-hydrogen) atoms. The number of amides is 2. The largest absolute Gasteiger partial charge is 0.481 e. The maximum Gasteiger partial charge on any atom is 0.304 e. The summed E-state index contributed by atoms with van der Waals surface area (Å²) in [7, 11) is 0. The highest BCUT2D eigenvalue weighted by Crippen LogP contribution is 2.32. The zero-order valence-corrected chi connectivity index (χ0v) is 24.4. The van der Waals surface area contributed by atoms with E-state index in [0.717, 1.165) is 22.3 Å². The van der Waals surface area contributed by atoms with Crippen molar-refractivity contribution in [3.05, 3.63) is 95.0 Å². The average molecular weight is 563 g/mol. The van der Waals surface area contributed by atoms with Crippen molar-refractivity contribution in [2.24, 2.45) is 11.3 Å². The zero-order valence-electron chi connectivity index (χ0n) is 23.6. The maximum atomic E-state index is 13.4. The lowest BCUT2D eigenvalue weighted by atomic mass is 9.85. The van der Waals surface area contributed by atoms with E-state index in [0.29, 0.717) is 24.3 Å². The minimum atomic E-state index is -1.05.